The first-order valence-electron chi connectivity index (χ1n) is 10.7. The Kier molecular flexibility index (Phi) is 6.16. The lowest BCUT2D eigenvalue weighted by atomic mass is 9.96. The predicted molar refractivity (Wildman–Crippen MR) is 119 cm³/mol. The quantitative estimate of drug-likeness (QED) is 0.582. The van der Waals surface area contributed by atoms with Gasteiger partial charge in [-0.1, -0.05) is 48.0 Å². The number of piperidine rings is 1. The Balaban J connectivity index is 1.61. The van der Waals surface area contributed by atoms with Gasteiger partial charge in [-0.3, -0.25) is 9.59 Å². The SMILES string of the molecule is CCOC(=O)C1CCN(C(=O)c2cn(-c3ccc(C)cc3)nc2-c2ccccc2)CC1. The third-order valence-corrected chi connectivity index (χ3v) is 5.69. The summed E-state index contributed by atoms with van der Waals surface area (Å²) in [6.07, 6.45) is 3.06. The van der Waals surface area contributed by atoms with Gasteiger partial charge in [0.25, 0.3) is 5.91 Å². The number of aromatic nitrogens is 2. The molecule has 0 bridgehead atoms. The summed E-state index contributed by atoms with van der Waals surface area (Å²) in [5.74, 6) is -0.348. The Morgan fingerprint density at radius 3 is 2.35 bits per heavy atom. The van der Waals surface area contributed by atoms with E-state index in [4.69, 9.17) is 9.84 Å². The van der Waals surface area contributed by atoms with Crippen LogP contribution in [0.15, 0.2) is 60.8 Å². The van der Waals surface area contributed by atoms with E-state index in [2.05, 4.69) is 0 Å². The molecular weight excluding hydrogens is 390 g/mol. The van der Waals surface area contributed by atoms with E-state index in [0.717, 1.165) is 11.3 Å². The standard InChI is InChI=1S/C25H27N3O3/c1-3-31-25(30)20-13-15-27(16-14-20)24(29)22-17-28(21-11-9-18(2)10-12-21)26-23(22)19-7-5-4-6-8-19/h4-12,17,20H,3,13-16H2,1-2H3. The summed E-state index contributed by atoms with van der Waals surface area (Å²) in [4.78, 5) is 27.3. The molecule has 1 aliphatic rings. The van der Waals surface area contributed by atoms with Crippen LogP contribution in [0.1, 0.15) is 35.7 Å². The fourth-order valence-corrected chi connectivity index (χ4v) is 3.92. The van der Waals surface area contributed by atoms with Crippen LogP contribution in [-0.2, 0) is 9.53 Å². The van der Waals surface area contributed by atoms with Gasteiger partial charge in [0.1, 0.15) is 5.69 Å². The molecule has 6 nitrogen and oxygen atoms in total. The van der Waals surface area contributed by atoms with E-state index in [1.165, 1.54) is 5.56 Å². The lowest BCUT2D eigenvalue weighted by molar-refractivity contribution is -0.149. The molecule has 6 heteroatoms. The van der Waals surface area contributed by atoms with Gasteiger partial charge in [-0.2, -0.15) is 5.10 Å². The van der Waals surface area contributed by atoms with Crippen LogP contribution in [0.3, 0.4) is 0 Å². The number of ether oxygens (including phenoxy) is 1. The maximum atomic E-state index is 13.5. The number of hydrogen-bond acceptors (Lipinski definition) is 4. The Hall–Kier alpha value is -3.41. The van der Waals surface area contributed by atoms with Gasteiger partial charge in [0.05, 0.1) is 23.8 Å². The van der Waals surface area contributed by atoms with Gasteiger partial charge in [-0.25, -0.2) is 4.68 Å². The van der Waals surface area contributed by atoms with Gasteiger partial charge < -0.3 is 9.64 Å². The van der Waals surface area contributed by atoms with Crippen LogP contribution in [0.25, 0.3) is 16.9 Å². The van der Waals surface area contributed by atoms with Crippen LogP contribution >= 0.6 is 0 Å². The zero-order chi connectivity index (χ0) is 21.8. The third-order valence-electron chi connectivity index (χ3n) is 5.69. The Morgan fingerprint density at radius 2 is 1.71 bits per heavy atom. The van der Waals surface area contributed by atoms with Crippen molar-refractivity contribution >= 4 is 11.9 Å². The van der Waals surface area contributed by atoms with Crippen molar-refractivity contribution in [2.75, 3.05) is 19.7 Å². The Morgan fingerprint density at radius 1 is 1.03 bits per heavy atom. The molecule has 1 aromatic heterocycles. The molecule has 1 aliphatic heterocycles. The number of benzene rings is 2. The molecular formula is C25H27N3O3. The van der Waals surface area contributed by atoms with Gasteiger partial charge in [-0.05, 0) is 38.8 Å². The molecule has 2 heterocycles. The predicted octanol–water partition coefficient (Wildman–Crippen LogP) is 4.26. The Bertz CT molecular complexity index is 1050. The highest BCUT2D eigenvalue weighted by molar-refractivity contribution is 6.00. The van der Waals surface area contributed by atoms with Gasteiger partial charge in [0, 0.05) is 24.8 Å². The molecule has 0 radical (unpaired) electrons. The summed E-state index contributed by atoms with van der Waals surface area (Å²) in [5.41, 5.74) is 4.21. The molecule has 160 valence electrons. The van der Waals surface area contributed by atoms with Crippen LogP contribution in [-0.4, -0.2) is 46.3 Å². The van der Waals surface area contributed by atoms with E-state index >= 15 is 0 Å². The lowest BCUT2D eigenvalue weighted by Crippen LogP contribution is -2.40. The number of amides is 1. The molecule has 0 N–H and O–H groups in total. The van der Waals surface area contributed by atoms with Crippen LogP contribution in [0.2, 0.25) is 0 Å². The number of carbonyl (C=O) groups excluding carboxylic acids is 2. The van der Waals surface area contributed by atoms with Crippen molar-refractivity contribution in [3.63, 3.8) is 0 Å². The second kappa shape index (κ2) is 9.16. The number of esters is 1. The highest BCUT2D eigenvalue weighted by atomic mass is 16.5. The van der Waals surface area contributed by atoms with Crippen LogP contribution in [0.5, 0.6) is 0 Å². The number of rotatable bonds is 5. The number of nitrogens with zero attached hydrogens (tertiary/aromatic N) is 3. The topological polar surface area (TPSA) is 64.4 Å². The first-order valence-corrected chi connectivity index (χ1v) is 10.7. The molecule has 3 aromatic rings. The van der Waals surface area contributed by atoms with E-state index in [-0.39, 0.29) is 17.8 Å². The summed E-state index contributed by atoms with van der Waals surface area (Å²) in [6, 6.07) is 17.8. The van der Waals surface area contributed by atoms with Crippen molar-refractivity contribution < 1.29 is 14.3 Å². The summed E-state index contributed by atoms with van der Waals surface area (Å²) in [7, 11) is 0. The summed E-state index contributed by atoms with van der Waals surface area (Å²) in [6.45, 7) is 5.31. The van der Waals surface area contributed by atoms with E-state index in [0.29, 0.717) is 43.8 Å². The monoisotopic (exact) mass is 417 g/mol. The molecule has 2 aromatic carbocycles. The summed E-state index contributed by atoms with van der Waals surface area (Å²) in [5, 5.41) is 4.76. The van der Waals surface area contributed by atoms with Crippen LogP contribution in [0.4, 0.5) is 0 Å². The molecule has 1 amide bonds. The number of carbonyl (C=O) groups is 2. The average Bonchev–Trinajstić information content (AvgIpc) is 3.25. The first-order chi connectivity index (χ1) is 15.1. The number of hydrogen-bond donors (Lipinski definition) is 0. The van der Waals surface area contributed by atoms with Crippen molar-refractivity contribution in [2.24, 2.45) is 5.92 Å². The maximum Gasteiger partial charge on any atom is 0.309 e. The fourth-order valence-electron chi connectivity index (χ4n) is 3.92. The smallest absolute Gasteiger partial charge is 0.309 e. The van der Waals surface area contributed by atoms with Gasteiger partial charge >= 0.3 is 5.97 Å². The van der Waals surface area contributed by atoms with Crippen molar-refractivity contribution in [1.29, 1.82) is 0 Å². The highest BCUT2D eigenvalue weighted by Gasteiger charge is 2.30. The number of aryl methyl sites for hydroxylation is 1. The third kappa shape index (κ3) is 4.53. The summed E-state index contributed by atoms with van der Waals surface area (Å²) < 4.78 is 6.91. The fraction of sp³-hybridized carbons (Fsp3) is 0.320. The van der Waals surface area contributed by atoms with Gasteiger partial charge in [0.2, 0.25) is 0 Å². The maximum absolute atomic E-state index is 13.5. The zero-order valence-corrected chi connectivity index (χ0v) is 18.0. The first kappa shape index (κ1) is 20.8. The highest BCUT2D eigenvalue weighted by Crippen LogP contribution is 2.27. The second-order valence-electron chi connectivity index (χ2n) is 7.86. The summed E-state index contributed by atoms with van der Waals surface area (Å²) >= 11 is 0. The molecule has 4 rings (SSSR count). The minimum absolute atomic E-state index is 0.0560. The van der Waals surface area contributed by atoms with Crippen molar-refractivity contribution in [2.45, 2.75) is 26.7 Å². The van der Waals surface area contributed by atoms with E-state index in [1.54, 1.807) is 4.68 Å². The average molecular weight is 418 g/mol. The van der Waals surface area contributed by atoms with E-state index < -0.39 is 0 Å². The van der Waals surface area contributed by atoms with Gasteiger partial charge in [0.15, 0.2) is 0 Å². The van der Waals surface area contributed by atoms with Crippen molar-refractivity contribution in [3.05, 3.63) is 71.9 Å². The molecule has 0 saturated carbocycles. The Labute approximate surface area is 182 Å². The minimum atomic E-state index is -0.160. The second-order valence-corrected chi connectivity index (χ2v) is 7.86. The normalized spacial score (nSPS) is 14.5. The molecule has 1 fully saturated rings. The molecule has 1 saturated heterocycles. The minimum Gasteiger partial charge on any atom is -0.466 e. The number of likely N-dealkylation sites (tertiary alicyclic amines) is 1. The molecule has 0 aliphatic carbocycles. The van der Waals surface area contributed by atoms with E-state index in [1.807, 2.05) is 79.5 Å². The molecule has 0 unspecified atom stereocenters. The molecule has 0 spiro atoms. The lowest BCUT2D eigenvalue weighted by Gasteiger charge is -2.30. The largest absolute Gasteiger partial charge is 0.466 e. The van der Waals surface area contributed by atoms with Gasteiger partial charge in [-0.15, -0.1) is 0 Å². The zero-order valence-electron chi connectivity index (χ0n) is 18.0. The molecule has 31 heavy (non-hydrogen) atoms. The van der Waals surface area contributed by atoms with Crippen molar-refractivity contribution in [3.8, 4) is 16.9 Å². The van der Waals surface area contributed by atoms with Crippen LogP contribution in [0, 0.1) is 12.8 Å². The van der Waals surface area contributed by atoms with Crippen LogP contribution < -0.4 is 0 Å². The van der Waals surface area contributed by atoms with Crippen molar-refractivity contribution in [1.82, 2.24) is 14.7 Å². The van der Waals surface area contributed by atoms with E-state index in [9.17, 15) is 9.59 Å². The molecule has 0 atom stereocenters.